The third-order valence-electron chi connectivity index (χ3n) is 6.20. The van der Waals surface area contributed by atoms with E-state index in [9.17, 15) is 4.79 Å². The number of nitrogens with zero attached hydrogens (tertiary/aromatic N) is 2. The lowest BCUT2D eigenvalue weighted by Gasteiger charge is -2.56. The van der Waals surface area contributed by atoms with Gasteiger partial charge in [-0.2, -0.15) is 0 Å². The minimum absolute atomic E-state index is 0.179. The Balaban J connectivity index is 1.37. The van der Waals surface area contributed by atoms with Gasteiger partial charge in [0, 0.05) is 17.0 Å². The highest BCUT2D eigenvalue weighted by molar-refractivity contribution is 7.14. The molecular weight excluding hydrogens is 318 g/mol. The van der Waals surface area contributed by atoms with Crippen LogP contribution in [0.4, 0.5) is 5.13 Å². The standard InChI is InChI=1S/C19H21N3OS/c23-17(15-3-1-2-4-20-15)22-18-21-16(11-24-18)19-8-12-5-13(9-19)7-14(6-12)10-19/h1-4,11-14H,5-10H2,(H,21,22,23). The van der Waals surface area contributed by atoms with Crippen LogP contribution in [0.25, 0.3) is 0 Å². The molecule has 0 aromatic carbocycles. The van der Waals surface area contributed by atoms with Gasteiger partial charge >= 0.3 is 0 Å². The van der Waals surface area contributed by atoms with Crippen LogP contribution in [-0.4, -0.2) is 15.9 Å². The number of carbonyl (C=O) groups is 1. The largest absolute Gasteiger partial charge is 0.296 e. The zero-order chi connectivity index (χ0) is 16.1. The van der Waals surface area contributed by atoms with Gasteiger partial charge in [0.2, 0.25) is 0 Å². The van der Waals surface area contributed by atoms with E-state index in [1.54, 1.807) is 23.6 Å². The van der Waals surface area contributed by atoms with E-state index in [0.29, 0.717) is 16.2 Å². The number of pyridine rings is 1. The Bertz CT molecular complexity index is 735. The topological polar surface area (TPSA) is 54.9 Å². The average Bonchev–Trinajstić information content (AvgIpc) is 3.04. The minimum Gasteiger partial charge on any atom is -0.296 e. The van der Waals surface area contributed by atoms with Gasteiger partial charge in [-0.05, 0) is 68.4 Å². The number of carbonyl (C=O) groups excluding carboxylic acids is 1. The second-order valence-electron chi connectivity index (χ2n) is 7.90. The molecule has 4 fully saturated rings. The summed E-state index contributed by atoms with van der Waals surface area (Å²) < 4.78 is 0. The van der Waals surface area contributed by atoms with Gasteiger partial charge in [0.1, 0.15) is 5.69 Å². The fourth-order valence-corrected chi connectivity index (χ4v) is 6.49. The summed E-state index contributed by atoms with van der Waals surface area (Å²) in [5.41, 5.74) is 1.95. The van der Waals surface area contributed by atoms with E-state index in [0.717, 1.165) is 17.8 Å². The summed E-state index contributed by atoms with van der Waals surface area (Å²) in [4.78, 5) is 21.2. The molecule has 0 aliphatic heterocycles. The molecule has 0 unspecified atom stereocenters. The molecule has 1 amide bonds. The van der Waals surface area contributed by atoms with Crippen molar-refractivity contribution in [2.45, 2.75) is 43.9 Å². The van der Waals surface area contributed by atoms with E-state index < -0.39 is 0 Å². The van der Waals surface area contributed by atoms with Gasteiger partial charge in [0.15, 0.2) is 5.13 Å². The highest BCUT2D eigenvalue weighted by Gasteiger charge is 2.52. The third kappa shape index (κ3) is 2.37. The van der Waals surface area contributed by atoms with Gasteiger partial charge in [-0.3, -0.25) is 15.1 Å². The van der Waals surface area contributed by atoms with Crippen LogP contribution in [0.3, 0.4) is 0 Å². The summed E-state index contributed by atoms with van der Waals surface area (Å²) in [6, 6.07) is 5.36. The molecule has 4 nitrogen and oxygen atoms in total. The molecule has 2 heterocycles. The van der Waals surface area contributed by atoms with Crippen molar-refractivity contribution in [1.82, 2.24) is 9.97 Å². The van der Waals surface area contributed by atoms with Crippen LogP contribution in [0.15, 0.2) is 29.8 Å². The van der Waals surface area contributed by atoms with Crippen LogP contribution in [0.1, 0.15) is 54.7 Å². The number of anilines is 1. The zero-order valence-electron chi connectivity index (χ0n) is 13.6. The van der Waals surface area contributed by atoms with Crippen LogP contribution >= 0.6 is 11.3 Å². The van der Waals surface area contributed by atoms with Crippen LogP contribution in [0.2, 0.25) is 0 Å². The van der Waals surface area contributed by atoms with Gasteiger partial charge < -0.3 is 0 Å². The lowest BCUT2D eigenvalue weighted by Crippen LogP contribution is -2.48. The van der Waals surface area contributed by atoms with Crippen molar-refractivity contribution in [3.8, 4) is 0 Å². The molecule has 4 aliphatic carbocycles. The number of hydrogen-bond acceptors (Lipinski definition) is 4. The Morgan fingerprint density at radius 1 is 1.12 bits per heavy atom. The number of aromatic nitrogens is 2. The molecule has 2 aromatic rings. The van der Waals surface area contributed by atoms with Gasteiger partial charge in [0.25, 0.3) is 5.91 Å². The van der Waals surface area contributed by atoms with Crippen LogP contribution in [-0.2, 0) is 5.41 Å². The molecule has 6 rings (SSSR count). The van der Waals surface area contributed by atoms with Crippen LogP contribution < -0.4 is 5.32 Å². The summed E-state index contributed by atoms with van der Waals surface area (Å²) in [7, 11) is 0. The predicted octanol–water partition coefficient (Wildman–Crippen LogP) is 4.26. The highest BCUT2D eigenvalue weighted by atomic mass is 32.1. The van der Waals surface area contributed by atoms with Crippen molar-refractivity contribution in [1.29, 1.82) is 0 Å². The molecule has 0 saturated heterocycles. The van der Waals surface area contributed by atoms with Crippen molar-refractivity contribution < 1.29 is 4.79 Å². The SMILES string of the molecule is O=C(Nc1nc(C23CC4CC(CC(C4)C2)C3)cs1)c1ccccn1. The second-order valence-corrected chi connectivity index (χ2v) is 8.76. The van der Waals surface area contributed by atoms with E-state index >= 15 is 0 Å². The first kappa shape index (κ1) is 14.6. The van der Waals surface area contributed by atoms with Gasteiger partial charge in [-0.1, -0.05) is 6.07 Å². The predicted molar refractivity (Wildman–Crippen MR) is 94.2 cm³/mol. The maximum Gasteiger partial charge on any atom is 0.276 e. The van der Waals surface area contributed by atoms with E-state index in [1.165, 1.54) is 44.2 Å². The maximum atomic E-state index is 12.3. The first-order chi connectivity index (χ1) is 11.7. The van der Waals surface area contributed by atoms with E-state index in [2.05, 4.69) is 15.7 Å². The van der Waals surface area contributed by atoms with E-state index in [1.807, 2.05) is 12.1 Å². The molecule has 2 aromatic heterocycles. The summed E-state index contributed by atoms with van der Waals surface area (Å²) in [5.74, 6) is 2.54. The highest BCUT2D eigenvalue weighted by Crippen LogP contribution is 2.60. The summed E-state index contributed by atoms with van der Waals surface area (Å²) >= 11 is 1.55. The second kappa shape index (κ2) is 5.38. The first-order valence-corrected chi connectivity index (χ1v) is 9.76. The number of thiazole rings is 1. The van der Waals surface area contributed by atoms with Crippen molar-refractivity contribution in [2.75, 3.05) is 5.32 Å². The lowest BCUT2D eigenvalue weighted by molar-refractivity contribution is -0.00688. The van der Waals surface area contributed by atoms with E-state index in [4.69, 9.17) is 4.98 Å². The summed E-state index contributed by atoms with van der Waals surface area (Å²) in [6.45, 7) is 0. The maximum absolute atomic E-state index is 12.3. The molecule has 0 spiro atoms. The molecule has 1 N–H and O–H groups in total. The number of rotatable bonds is 3. The Morgan fingerprint density at radius 2 is 1.83 bits per heavy atom. The molecule has 24 heavy (non-hydrogen) atoms. The van der Waals surface area contributed by atoms with Crippen LogP contribution in [0.5, 0.6) is 0 Å². The molecule has 4 bridgehead atoms. The number of amides is 1. The van der Waals surface area contributed by atoms with Crippen LogP contribution in [0, 0.1) is 17.8 Å². The smallest absolute Gasteiger partial charge is 0.276 e. The molecule has 5 heteroatoms. The average molecular weight is 339 g/mol. The quantitative estimate of drug-likeness (QED) is 0.909. The Hall–Kier alpha value is -1.75. The summed E-state index contributed by atoms with van der Waals surface area (Å²) in [5, 5.41) is 5.80. The van der Waals surface area contributed by atoms with Crippen molar-refractivity contribution in [2.24, 2.45) is 17.8 Å². The molecule has 0 radical (unpaired) electrons. The Kier molecular flexibility index (Phi) is 3.27. The normalized spacial score (nSPS) is 33.6. The van der Waals surface area contributed by atoms with Gasteiger partial charge in [0.05, 0.1) is 5.69 Å². The van der Waals surface area contributed by atoms with Crippen molar-refractivity contribution >= 4 is 22.4 Å². The van der Waals surface area contributed by atoms with Crippen molar-refractivity contribution in [3.63, 3.8) is 0 Å². The van der Waals surface area contributed by atoms with E-state index in [-0.39, 0.29) is 5.91 Å². The fourth-order valence-electron chi connectivity index (χ4n) is 5.66. The van der Waals surface area contributed by atoms with Crippen molar-refractivity contribution in [3.05, 3.63) is 41.2 Å². The molecular formula is C19H21N3OS. The van der Waals surface area contributed by atoms with Gasteiger partial charge in [-0.25, -0.2) is 4.98 Å². The molecule has 124 valence electrons. The number of hydrogen-bond donors (Lipinski definition) is 1. The molecule has 0 atom stereocenters. The first-order valence-electron chi connectivity index (χ1n) is 8.89. The Morgan fingerprint density at radius 3 is 2.46 bits per heavy atom. The number of nitrogens with one attached hydrogen (secondary N) is 1. The monoisotopic (exact) mass is 339 g/mol. The molecule has 4 aliphatic rings. The molecule has 4 saturated carbocycles. The zero-order valence-corrected chi connectivity index (χ0v) is 14.4. The third-order valence-corrected chi connectivity index (χ3v) is 6.96. The minimum atomic E-state index is -0.179. The fraction of sp³-hybridized carbons (Fsp3) is 0.526. The summed E-state index contributed by atoms with van der Waals surface area (Å²) in [6.07, 6.45) is 9.85. The Labute approximate surface area is 145 Å². The lowest BCUT2D eigenvalue weighted by atomic mass is 9.49. The van der Waals surface area contributed by atoms with Gasteiger partial charge in [-0.15, -0.1) is 11.3 Å².